The molecule has 2 aromatic rings. The van der Waals surface area contributed by atoms with Gasteiger partial charge in [0.1, 0.15) is 10.4 Å². The van der Waals surface area contributed by atoms with E-state index in [9.17, 15) is 9.59 Å². The number of amides is 1. The van der Waals surface area contributed by atoms with Gasteiger partial charge in [-0.1, -0.05) is 0 Å². The van der Waals surface area contributed by atoms with Gasteiger partial charge in [0.25, 0.3) is 5.91 Å². The van der Waals surface area contributed by atoms with E-state index in [0.29, 0.717) is 21.4 Å². The molecule has 2 aromatic heterocycles. The molecule has 7 nitrogen and oxygen atoms in total. The van der Waals surface area contributed by atoms with E-state index in [1.54, 1.807) is 39.2 Å². The summed E-state index contributed by atoms with van der Waals surface area (Å²) < 4.78 is 4.67. The van der Waals surface area contributed by atoms with Crippen molar-refractivity contribution in [2.75, 3.05) is 7.11 Å². The highest BCUT2D eigenvalue weighted by Gasteiger charge is 2.32. The first-order chi connectivity index (χ1) is 10.3. The first-order valence-corrected chi connectivity index (χ1v) is 7.32. The number of carbonyl (C=O) groups excluding carboxylic acids is 2. The van der Waals surface area contributed by atoms with Crippen LogP contribution >= 0.6 is 11.3 Å². The van der Waals surface area contributed by atoms with E-state index in [0.717, 1.165) is 0 Å². The molecule has 0 bridgehead atoms. The molecule has 0 radical (unpaired) electrons. The number of hydrogen-bond donors (Lipinski definition) is 1. The number of methoxy groups -OCH3 is 1. The van der Waals surface area contributed by atoms with Crippen LogP contribution in [0.25, 0.3) is 10.8 Å². The molecule has 0 saturated heterocycles. The summed E-state index contributed by atoms with van der Waals surface area (Å²) in [5.41, 5.74) is -0.559. The van der Waals surface area contributed by atoms with Gasteiger partial charge in [-0.3, -0.25) is 4.79 Å². The Morgan fingerprint density at radius 2 is 1.91 bits per heavy atom. The highest BCUT2D eigenvalue weighted by molar-refractivity contribution is 7.17. The first-order valence-electron chi connectivity index (χ1n) is 6.51. The van der Waals surface area contributed by atoms with Crippen molar-refractivity contribution in [1.82, 2.24) is 20.3 Å². The van der Waals surface area contributed by atoms with Gasteiger partial charge >= 0.3 is 5.97 Å². The Labute approximate surface area is 131 Å². The molecule has 0 aromatic carbocycles. The number of aromatic nitrogens is 3. The Hall–Kier alpha value is -2.35. The van der Waals surface area contributed by atoms with Gasteiger partial charge in [-0.05, 0) is 26.8 Å². The van der Waals surface area contributed by atoms with E-state index in [-0.39, 0.29) is 5.91 Å². The van der Waals surface area contributed by atoms with Crippen molar-refractivity contribution >= 4 is 23.2 Å². The summed E-state index contributed by atoms with van der Waals surface area (Å²) in [6.07, 6.45) is 3.22. The first kappa shape index (κ1) is 16.0. The number of carbonyl (C=O) groups is 2. The number of aryl methyl sites for hydroxylation is 1. The summed E-state index contributed by atoms with van der Waals surface area (Å²) in [5, 5.41) is 3.20. The normalized spacial score (nSPS) is 11.1. The van der Waals surface area contributed by atoms with E-state index in [1.807, 2.05) is 0 Å². The zero-order valence-electron chi connectivity index (χ0n) is 12.7. The number of nitrogens with one attached hydrogen (secondary N) is 1. The Bertz CT molecular complexity index is 697. The standard InChI is InChI=1S/C14H16N4O3S/c1-8-9(11(19)18-14(2,3)13(20)21-4)22-12(17-8)10-15-6-5-7-16-10/h5-7H,1-4H3,(H,18,19). The minimum absolute atomic E-state index is 0.382. The molecule has 0 aliphatic heterocycles. The minimum Gasteiger partial charge on any atom is -0.467 e. The summed E-state index contributed by atoms with van der Waals surface area (Å²) in [5.74, 6) is -0.441. The summed E-state index contributed by atoms with van der Waals surface area (Å²) in [7, 11) is 1.28. The molecule has 8 heteroatoms. The lowest BCUT2D eigenvalue weighted by Gasteiger charge is -2.22. The van der Waals surface area contributed by atoms with Crippen LogP contribution in [-0.4, -0.2) is 39.5 Å². The van der Waals surface area contributed by atoms with Crippen molar-refractivity contribution in [3.8, 4) is 10.8 Å². The molecule has 0 unspecified atom stereocenters. The van der Waals surface area contributed by atoms with Crippen LogP contribution in [-0.2, 0) is 9.53 Å². The lowest BCUT2D eigenvalue weighted by atomic mass is 10.1. The average molecular weight is 320 g/mol. The topological polar surface area (TPSA) is 94.1 Å². The number of rotatable bonds is 4. The average Bonchev–Trinajstić information content (AvgIpc) is 2.89. The number of hydrogen-bond acceptors (Lipinski definition) is 7. The molecule has 0 saturated carbocycles. The largest absolute Gasteiger partial charge is 0.467 e. The van der Waals surface area contributed by atoms with Crippen molar-refractivity contribution in [3.05, 3.63) is 29.0 Å². The van der Waals surface area contributed by atoms with E-state index >= 15 is 0 Å². The van der Waals surface area contributed by atoms with Gasteiger partial charge in [0.2, 0.25) is 0 Å². The molecular formula is C14H16N4O3S. The molecule has 116 valence electrons. The zero-order valence-corrected chi connectivity index (χ0v) is 13.5. The molecule has 0 fully saturated rings. The molecular weight excluding hydrogens is 304 g/mol. The third kappa shape index (κ3) is 3.28. The van der Waals surface area contributed by atoms with Gasteiger partial charge in [0.15, 0.2) is 10.8 Å². The van der Waals surface area contributed by atoms with Crippen LogP contribution < -0.4 is 5.32 Å². The van der Waals surface area contributed by atoms with Crippen molar-refractivity contribution in [2.24, 2.45) is 0 Å². The van der Waals surface area contributed by atoms with Gasteiger partial charge in [-0.2, -0.15) is 0 Å². The minimum atomic E-state index is -1.12. The summed E-state index contributed by atoms with van der Waals surface area (Å²) in [6.45, 7) is 4.88. The summed E-state index contributed by atoms with van der Waals surface area (Å²) in [6, 6.07) is 1.70. The molecule has 0 aliphatic rings. The molecule has 1 N–H and O–H groups in total. The monoisotopic (exact) mass is 320 g/mol. The van der Waals surface area contributed by atoms with Gasteiger partial charge < -0.3 is 10.1 Å². The van der Waals surface area contributed by atoms with Crippen molar-refractivity contribution in [3.63, 3.8) is 0 Å². The molecule has 0 aliphatic carbocycles. The van der Waals surface area contributed by atoms with Gasteiger partial charge in [-0.15, -0.1) is 11.3 Å². The van der Waals surface area contributed by atoms with Crippen LogP contribution in [0.4, 0.5) is 0 Å². The van der Waals surface area contributed by atoms with E-state index in [4.69, 9.17) is 0 Å². The van der Waals surface area contributed by atoms with Crippen LogP contribution in [0.5, 0.6) is 0 Å². The lowest BCUT2D eigenvalue weighted by Crippen LogP contribution is -2.50. The van der Waals surface area contributed by atoms with Gasteiger partial charge in [0, 0.05) is 12.4 Å². The lowest BCUT2D eigenvalue weighted by molar-refractivity contribution is -0.146. The van der Waals surface area contributed by atoms with E-state index in [2.05, 4.69) is 25.0 Å². The maximum atomic E-state index is 12.4. The van der Waals surface area contributed by atoms with E-state index < -0.39 is 11.5 Å². The molecule has 2 rings (SSSR count). The third-order valence-electron chi connectivity index (χ3n) is 2.88. The number of esters is 1. The zero-order chi connectivity index (χ0) is 16.3. The highest BCUT2D eigenvalue weighted by atomic mass is 32.1. The summed E-state index contributed by atoms with van der Waals surface area (Å²) in [4.78, 5) is 36.9. The number of thiazole rings is 1. The van der Waals surface area contributed by atoms with Crippen LogP contribution in [0.15, 0.2) is 18.5 Å². The SMILES string of the molecule is COC(=O)C(C)(C)NC(=O)c1sc(-c2ncccn2)nc1C. The quantitative estimate of drug-likeness (QED) is 0.860. The molecule has 22 heavy (non-hydrogen) atoms. The fraction of sp³-hybridized carbons (Fsp3) is 0.357. The molecule has 0 spiro atoms. The fourth-order valence-electron chi connectivity index (χ4n) is 1.76. The maximum absolute atomic E-state index is 12.4. The predicted molar refractivity (Wildman–Crippen MR) is 81.4 cm³/mol. The van der Waals surface area contributed by atoms with Crippen LogP contribution in [0.1, 0.15) is 29.2 Å². The Balaban J connectivity index is 2.25. The maximum Gasteiger partial charge on any atom is 0.330 e. The van der Waals surface area contributed by atoms with Crippen molar-refractivity contribution in [1.29, 1.82) is 0 Å². The molecule has 1 amide bonds. The van der Waals surface area contributed by atoms with E-state index in [1.165, 1.54) is 18.4 Å². The fourth-order valence-corrected chi connectivity index (χ4v) is 2.67. The summed E-state index contributed by atoms with van der Waals surface area (Å²) >= 11 is 1.18. The number of nitrogens with zero attached hydrogens (tertiary/aromatic N) is 3. The molecule has 0 atom stereocenters. The second kappa shape index (κ2) is 6.18. The predicted octanol–water partition coefficient (Wildman–Crippen LogP) is 1.59. The second-order valence-electron chi connectivity index (χ2n) is 5.08. The highest BCUT2D eigenvalue weighted by Crippen LogP contribution is 2.25. The Morgan fingerprint density at radius 1 is 1.27 bits per heavy atom. The molecule has 2 heterocycles. The third-order valence-corrected chi connectivity index (χ3v) is 4.03. The van der Waals surface area contributed by atoms with Gasteiger partial charge in [-0.25, -0.2) is 19.7 Å². The number of ether oxygens (including phenoxy) is 1. The Kier molecular flexibility index (Phi) is 4.51. The van der Waals surface area contributed by atoms with Crippen molar-refractivity contribution < 1.29 is 14.3 Å². The van der Waals surface area contributed by atoms with Crippen LogP contribution in [0.2, 0.25) is 0 Å². The second-order valence-corrected chi connectivity index (χ2v) is 6.08. The Morgan fingerprint density at radius 3 is 2.50 bits per heavy atom. The van der Waals surface area contributed by atoms with Crippen LogP contribution in [0.3, 0.4) is 0 Å². The van der Waals surface area contributed by atoms with Gasteiger partial charge in [0.05, 0.1) is 12.8 Å². The van der Waals surface area contributed by atoms with Crippen LogP contribution in [0, 0.1) is 6.92 Å². The smallest absolute Gasteiger partial charge is 0.330 e. The van der Waals surface area contributed by atoms with Crippen molar-refractivity contribution in [2.45, 2.75) is 26.3 Å².